The third-order valence-corrected chi connectivity index (χ3v) is 4.44. The number of hydrogen-bond acceptors (Lipinski definition) is 3. The van der Waals surface area contributed by atoms with Gasteiger partial charge in [-0.25, -0.2) is 0 Å². The fourth-order valence-electron chi connectivity index (χ4n) is 1.30. The maximum Gasteiger partial charge on any atom is 0.160 e. The molecule has 0 bridgehead atoms. The summed E-state index contributed by atoms with van der Waals surface area (Å²) < 4.78 is 0. The van der Waals surface area contributed by atoms with Crippen LogP contribution >= 0.6 is 22.7 Å². The lowest BCUT2D eigenvalue weighted by atomic mass is 10.2. The zero-order valence-corrected chi connectivity index (χ0v) is 9.67. The molecule has 0 aliphatic heterocycles. The fraction of sp³-hybridized carbons (Fsp3) is 0.182. The number of aldehydes is 1. The van der Waals surface area contributed by atoms with E-state index in [0.717, 1.165) is 16.7 Å². The minimum absolute atomic E-state index is 0.839. The van der Waals surface area contributed by atoms with Crippen LogP contribution in [0.1, 0.15) is 20.8 Å². The monoisotopic (exact) mass is 222 g/mol. The van der Waals surface area contributed by atoms with Gasteiger partial charge in [0, 0.05) is 9.75 Å². The van der Waals surface area contributed by atoms with E-state index in [1.165, 1.54) is 15.3 Å². The lowest BCUT2D eigenvalue weighted by Crippen LogP contribution is -1.72. The molecule has 0 spiro atoms. The maximum atomic E-state index is 10.7. The molecule has 2 aromatic heterocycles. The molecule has 0 amide bonds. The van der Waals surface area contributed by atoms with Crippen LogP contribution in [0.5, 0.6) is 0 Å². The van der Waals surface area contributed by atoms with Crippen LogP contribution in [-0.2, 0) is 0 Å². The van der Waals surface area contributed by atoms with Gasteiger partial charge in [0.2, 0.25) is 0 Å². The number of hydrogen-bond donors (Lipinski definition) is 0. The van der Waals surface area contributed by atoms with Gasteiger partial charge in [-0.2, -0.15) is 0 Å². The topological polar surface area (TPSA) is 17.1 Å². The maximum absolute atomic E-state index is 10.7. The average Bonchev–Trinajstić information content (AvgIpc) is 2.71. The van der Waals surface area contributed by atoms with Crippen molar-refractivity contribution in [1.82, 2.24) is 0 Å². The number of thiophene rings is 2. The summed E-state index contributed by atoms with van der Waals surface area (Å²) in [6.07, 6.45) is 0.934. The van der Waals surface area contributed by atoms with Gasteiger partial charge in [0.15, 0.2) is 6.29 Å². The predicted octanol–water partition coefficient (Wildman–Crippen LogP) is 3.91. The number of rotatable bonds is 2. The summed E-state index contributed by atoms with van der Waals surface area (Å²) >= 11 is 3.30. The molecular formula is C11H10OS2. The van der Waals surface area contributed by atoms with Gasteiger partial charge in [-0.1, -0.05) is 0 Å². The first-order valence-corrected chi connectivity index (χ1v) is 6.01. The molecular weight excluding hydrogens is 212 g/mol. The van der Waals surface area contributed by atoms with E-state index >= 15 is 0 Å². The second-order valence-electron chi connectivity index (χ2n) is 3.26. The van der Waals surface area contributed by atoms with E-state index < -0.39 is 0 Å². The molecule has 2 heterocycles. The third-order valence-electron chi connectivity index (χ3n) is 2.04. The standard InChI is InChI=1S/C11H10OS2/c1-7-3-9(13-6-7)10-4-8(2)11(5-12)14-10/h3-6H,1-2H3. The Morgan fingerprint density at radius 1 is 1.21 bits per heavy atom. The summed E-state index contributed by atoms with van der Waals surface area (Å²) in [5.41, 5.74) is 2.36. The summed E-state index contributed by atoms with van der Waals surface area (Å²) in [5, 5.41) is 2.13. The van der Waals surface area contributed by atoms with E-state index in [1.807, 2.05) is 6.92 Å². The molecule has 0 saturated carbocycles. The Labute approximate surface area is 91.0 Å². The Morgan fingerprint density at radius 2 is 2.00 bits per heavy atom. The van der Waals surface area contributed by atoms with Gasteiger partial charge in [0.05, 0.1) is 4.88 Å². The quantitative estimate of drug-likeness (QED) is 0.704. The Balaban J connectivity index is 2.47. The van der Waals surface area contributed by atoms with Crippen LogP contribution in [0.3, 0.4) is 0 Å². The predicted molar refractivity (Wildman–Crippen MR) is 62.5 cm³/mol. The minimum atomic E-state index is 0.839. The van der Waals surface area contributed by atoms with Crippen molar-refractivity contribution < 1.29 is 4.79 Å². The van der Waals surface area contributed by atoms with Crippen molar-refractivity contribution in [3.8, 4) is 9.75 Å². The molecule has 2 aromatic rings. The molecule has 2 rings (SSSR count). The first kappa shape index (κ1) is 9.62. The van der Waals surface area contributed by atoms with E-state index in [9.17, 15) is 4.79 Å². The molecule has 0 aliphatic rings. The summed E-state index contributed by atoms with van der Waals surface area (Å²) in [4.78, 5) is 14.0. The Kier molecular flexibility index (Phi) is 2.52. The zero-order valence-electron chi connectivity index (χ0n) is 8.03. The Hall–Kier alpha value is -0.930. The SMILES string of the molecule is Cc1csc(-c2cc(C)c(C=O)s2)c1. The molecule has 0 atom stereocenters. The van der Waals surface area contributed by atoms with Gasteiger partial charge in [-0.15, -0.1) is 22.7 Å². The Morgan fingerprint density at radius 3 is 2.50 bits per heavy atom. The van der Waals surface area contributed by atoms with Crippen LogP contribution < -0.4 is 0 Å². The lowest BCUT2D eigenvalue weighted by Gasteiger charge is -1.86. The van der Waals surface area contributed by atoms with Crippen LogP contribution in [0.4, 0.5) is 0 Å². The van der Waals surface area contributed by atoms with E-state index in [-0.39, 0.29) is 0 Å². The molecule has 0 radical (unpaired) electrons. The molecule has 0 aliphatic carbocycles. The van der Waals surface area contributed by atoms with Crippen LogP contribution in [0.25, 0.3) is 9.75 Å². The number of aryl methyl sites for hydroxylation is 2. The highest BCUT2D eigenvalue weighted by Gasteiger charge is 2.07. The molecule has 14 heavy (non-hydrogen) atoms. The molecule has 0 N–H and O–H groups in total. The molecule has 0 aromatic carbocycles. The molecule has 0 fully saturated rings. The van der Waals surface area contributed by atoms with Crippen molar-refractivity contribution in [2.75, 3.05) is 0 Å². The first-order valence-electron chi connectivity index (χ1n) is 4.32. The number of carbonyl (C=O) groups is 1. The summed E-state index contributed by atoms with van der Waals surface area (Å²) in [6.45, 7) is 4.06. The van der Waals surface area contributed by atoms with Gasteiger partial charge in [0.25, 0.3) is 0 Å². The van der Waals surface area contributed by atoms with E-state index in [4.69, 9.17) is 0 Å². The van der Waals surface area contributed by atoms with Crippen molar-refractivity contribution in [1.29, 1.82) is 0 Å². The van der Waals surface area contributed by atoms with Crippen molar-refractivity contribution >= 4 is 29.0 Å². The molecule has 0 unspecified atom stereocenters. The van der Waals surface area contributed by atoms with Gasteiger partial charge in [0.1, 0.15) is 0 Å². The van der Waals surface area contributed by atoms with Gasteiger partial charge >= 0.3 is 0 Å². The van der Waals surface area contributed by atoms with Gasteiger partial charge in [-0.3, -0.25) is 4.79 Å². The smallest absolute Gasteiger partial charge is 0.160 e. The minimum Gasteiger partial charge on any atom is -0.297 e. The third kappa shape index (κ3) is 1.65. The molecule has 1 nitrogen and oxygen atoms in total. The van der Waals surface area contributed by atoms with Crippen LogP contribution in [0.15, 0.2) is 17.5 Å². The highest BCUT2D eigenvalue weighted by molar-refractivity contribution is 7.22. The molecule has 72 valence electrons. The van der Waals surface area contributed by atoms with Crippen molar-refractivity contribution in [3.63, 3.8) is 0 Å². The zero-order chi connectivity index (χ0) is 10.1. The summed E-state index contributed by atoms with van der Waals surface area (Å²) in [5.74, 6) is 0. The number of carbonyl (C=O) groups excluding carboxylic acids is 1. The highest BCUT2D eigenvalue weighted by Crippen LogP contribution is 2.34. The first-order chi connectivity index (χ1) is 6.70. The van der Waals surface area contributed by atoms with Crippen LogP contribution in [0.2, 0.25) is 0 Å². The van der Waals surface area contributed by atoms with Crippen LogP contribution in [0, 0.1) is 13.8 Å². The van der Waals surface area contributed by atoms with E-state index in [1.54, 1.807) is 22.7 Å². The van der Waals surface area contributed by atoms with E-state index in [0.29, 0.717) is 0 Å². The van der Waals surface area contributed by atoms with Crippen molar-refractivity contribution in [2.45, 2.75) is 13.8 Å². The molecule has 3 heteroatoms. The molecule has 0 saturated heterocycles. The van der Waals surface area contributed by atoms with Crippen molar-refractivity contribution in [3.05, 3.63) is 33.5 Å². The Bertz CT molecular complexity index is 465. The normalized spacial score (nSPS) is 10.4. The fourth-order valence-corrected chi connectivity index (χ4v) is 3.27. The van der Waals surface area contributed by atoms with Crippen LogP contribution in [-0.4, -0.2) is 6.29 Å². The second kappa shape index (κ2) is 3.67. The second-order valence-corrected chi connectivity index (χ2v) is 5.26. The van der Waals surface area contributed by atoms with E-state index in [2.05, 4.69) is 24.4 Å². The average molecular weight is 222 g/mol. The summed E-state index contributed by atoms with van der Waals surface area (Å²) in [7, 11) is 0. The van der Waals surface area contributed by atoms with Crippen molar-refractivity contribution in [2.24, 2.45) is 0 Å². The van der Waals surface area contributed by atoms with Gasteiger partial charge < -0.3 is 0 Å². The largest absolute Gasteiger partial charge is 0.297 e. The highest BCUT2D eigenvalue weighted by atomic mass is 32.1. The van der Waals surface area contributed by atoms with Gasteiger partial charge in [-0.05, 0) is 42.5 Å². The summed E-state index contributed by atoms with van der Waals surface area (Å²) in [6, 6.07) is 4.24. The lowest BCUT2D eigenvalue weighted by molar-refractivity contribution is 0.112.